The van der Waals surface area contributed by atoms with Crippen LogP contribution in [0, 0.1) is 18.8 Å². The van der Waals surface area contributed by atoms with Crippen molar-refractivity contribution in [2.24, 2.45) is 0 Å². The number of ether oxygens (including phenoxy) is 1. The Bertz CT molecular complexity index is 2660. The maximum atomic E-state index is 6.69. The van der Waals surface area contributed by atoms with Gasteiger partial charge in [0, 0.05) is 72.5 Å². The van der Waals surface area contributed by atoms with Crippen LogP contribution in [0.15, 0.2) is 108 Å². The number of fused-ring (bicyclic) bond motifs is 7. The van der Waals surface area contributed by atoms with Gasteiger partial charge in [-0.15, -0.1) is 47.0 Å². The van der Waals surface area contributed by atoms with Crippen LogP contribution in [0.2, 0.25) is 0 Å². The van der Waals surface area contributed by atoms with Crippen LogP contribution >= 0.6 is 0 Å². The molecule has 0 N–H and O–H groups in total. The third-order valence-corrected chi connectivity index (χ3v) is 9.98. The summed E-state index contributed by atoms with van der Waals surface area (Å²) >= 11 is 0. The largest absolute Gasteiger partial charge is 0.509 e. The predicted molar refractivity (Wildman–Crippen MR) is 209 cm³/mol. The first-order valence-electron chi connectivity index (χ1n) is 17.4. The average Bonchev–Trinajstić information content (AvgIpc) is 3.75. The van der Waals surface area contributed by atoms with E-state index in [0.29, 0.717) is 11.5 Å². The van der Waals surface area contributed by atoms with Crippen molar-refractivity contribution in [3.05, 3.63) is 133 Å². The van der Waals surface area contributed by atoms with Crippen LogP contribution in [-0.2, 0) is 31.9 Å². The van der Waals surface area contributed by atoms with Crippen LogP contribution in [0.5, 0.6) is 11.5 Å². The molecule has 0 aliphatic carbocycles. The van der Waals surface area contributed by atoms with Crippen molar-refractivity contribution >= 4 is 60.8 Å². The van der Waals surface area contributed by atoms with Gasteiger partial charge in [-0.3, -0.25) is 0 Å². The molecule has 3 aromatic heterocycles. The molecule has 52 heavy (non-hydrogen) atoms. The number of rotatable bonds is 4. The zero-order chi connectivity index (χ0) is 35.2. The molecule has 9 rings (SSSR count). The van der Waals surface area contributed by atoms with Crippen molar-refractivity contribution in [1.29, 1.82) is 0 Å². The second-order valence-electron chi connectivity index (χ2n) is 15.6. The summed E-state index contributed by atoms with van der Waals surface area (Å²) in [5.41, 5.74) is 8.95. The van der Waals surface area contributed by atoms with E-state index in [9.17, 15) is 0 Å². The first kappa shape index (κ1) is 34.0. The summed E-state index contributed by atoms with van der Waals surface area (Å²) in [5.74, 6) is 2.09. The molecule has 1 aliphatic heterocycles. The van der Waals surface area contributed by atoms with E-state index in [1.54, 1.807) is 0 Å². The van der Waals surface area contributed by atoms with Gasteiger partial charge in [-0.05, 0) is 59.2 Å². The van der Waals surface area contributed by atoms with Gasteiger partial charge in [0.2, 0.25) is 0 Å². The zero-order valence-electron chi connectivity index (χ0n) is 30.3. The molecule has 264 valence electrons. The second kappa shape index (κ2) is 12.3. The molecule has 0 saturated carbocycles. The first-order valence-corrected chi connectivity index (χ1v) is 17.4. The minimum Gasteiger partial charge on any atom is -0.509 e. The molecule has 0 amide bonds. The Morgan fingerprint density at radius 2 is 1.42 bits per heavy atom. The van der Waals surface area contributed by atoms with Crippen LogP contribution in [0.4, 0.5) is 17.1 Å². The van der Waals surface area contributed by atoms with E-state index in [2.05, 4.69) is 161 Å². The van der Waals surface area contributed by atoms with Gasteiger partial charge in [-0.25, -0.2) is 4.98 Å². The molecule has 7 heteroatoms. The molecule has 0 spiro atoms. The molecule has 0 fully saturated rings. The molecule has 6 nitrogen and oxygen atoms in total. The molecule has 0 radical (unpaired) electrons. The Hall–Kier alpha value is -5.06. The Morgan fingerprint density at radius 1 is 0.673 bits per heavy atom. The Balaban J connectivity index is 0.00000387. The summed E-state index contributed by atoms with van der Waals surface area (Å²) in [7, 11) is 2.08. The van der Waals surface area contributed by atoms with Gasteiger partial charge < -0.3 is 23.5 Å². The molecule has 5 aromatic carbocycles. The third-order valence-electron chi connectivity index (χ3n) is 9.98. The molecule has 8 aromatic rings. The number of hydrogen-bond acceptors (Lipinski definition) is 5. The van der Waals surface area contributed by atoms with Crippen LogP contribution < -0.4 is 14.5 Å². The molecule has 0 bridgehead atoms. The quantitative estimate of drug-likeness (QED) is 0.165. The summed E-state index contributed by atoms with van der Waals surface area (Å²) in [6.45, 7) is 15.4. The van der Waals surface area contributed by atoms with Crippen LogP contribution in [0.3, 0.4) is 0 Å². The van der Waals surface area contributed by atoms with Gasteiger partial charge in [0.15, 0.2) is 0 Å². The number of pyridine rings is 1. The number of furan rings is 1. The van der Waals surface area contributed by atoms with Crippen LogP contribution in [0.25, 0.3) is 49.6 Å². The minimum absolute atomic E-state index is 0. The summed E-state index contributed by atoms with van der Waals surface area (Å²) in [4.78, 5) is 9.16. The Kier molecular flexibility index (Phi) is 8.04. The van der Waals surface area contributed by atoms with E-state index in [0.717, 1.165) is 72.2 Å². The maximum Gasteiger partial charge on any atom is 0.137 e. The number of nitrogens with zero attached hydrogens (tertiary/aromatic N) is 4. The fraction of sp³-hybridized carbons (Fsp3) is 0.200. The van der Waals surface area contributed by atoms with Crippen molar-refractivity contribution in [1.82, 2.24) is 9.55 Å². The van der Waals surface area contributed by atoms with Crippen LogP contribution in [0.1, 0.15) is 52.7 Å². The van der Waals surface area contributed by atoms with E-state index in [1.807, 2.05) is 24.4 Å². The molecule has 0 atom stereocenters. The number of para-hydroxylation sites is 2. The third kappa shape index (κ3) is 5.65. The van der Waals surface area contributed by atoms with E-state index >= 15 is 0 Å². The number of hydrogen-bond donors (Lipinski definition) is 0. The summed E-state index contributed by atoms with van der Waals surface area (Å²) in [6.07, 6.45) is 1.90. The van der Waals surface area contributed by atoms with E-state index in [1.165, 1.54) is 5.56 Å². The topological polar surface area (TPSA) is 46.7 Å². The summed E-state index contributed by atoms with van der Waals surface area (Å²) in [6, 6.07) is 40.9. The zero-order valence-corrected chi connectivity index (χ0v) is 32.6. The molecular weight excluding hydrogens is 824 g/mol. The van der Waals surface area contributed by atoms with Gasteiger partial charge >= 0.3 is 0 Å². The first-order chi connectivity index (χ1) is 24.4. The van der Waals surface area contributed by atoms with Crippen molar-refractivity contribution in [2.45, 2.75) is 52.4 Å². The van der Waals surface area contributed by atoms with E-state index in [4.69, 9.17) is 14.1 Å². The minimum atomic E-state index is -0.136. The van der Waals surface area contributed by atoms with Crippen LogP contribution in [-0.4, -0.2) is 16.6 Å². The molecule has 0 unspecified atom stereocenters. The van der Waals surface area contributed by atoms with Crippen molar-refractivity contribution in [3.8, 4) is 17.3 Å². The average molecular weight is 863 g/mol. The number of anilines is 3. The number of benzene rings is 5. The summed E-state index contributed by atoms with van der Waals surface area (Å²) < 4.78 is 15.2. The molecule has 0 saturated heterocycles. The fourth-order valence-corrected chi connectivity index (χ4v) is 7.16. The molecular formula is C45H39N4O2Pt-3. The standard InChI is InChI=1S/C45H39N4O2.Pt/c1-44(2,3)28-18-19-46-43(22-28)49-37-14-10-8-12-33(37)34-17-16-31(24-38(34)49)50-32-21-29(45(4,5)6)20-30(23-32)48-27-47(7)39-25-36-35-13-9-11-15-41(35)51-42(36)26-40(39)48;/h8-22,25-27H,1-7H3;/q-3;. The molecule has 4 heterocycles. The normalized spacial score (nSPS) is 13.4. The van der Waals surface area contributed by atoms with Crippen molar-refractivity contribution < 1.29 is 30.2 Å². The second-order valence-corrected chi connectivity index (χ2v) is 15.6. The van der Waals surface area contributed by atoms with Gasteiger partial charge in [-0.2, -0.15) is 12.7 Å². The predicted octanol–water partition coefficient (Wildman–Crippen LogP) is 11.8. The fourth-order valence-electron chi connectivity index (χ4n) is 7.16. The van der Waals surface area contributed by atoms with Crippen molar-refractivity contribution in [3.63, 3.8) is 0 Å². The maximum absolute atomic E-state index is 6.69. The smallest absolute Gasteiger partial charge is 0.137 e. The Morgan fingerprint density at radius 3 is 2.21 bits per heavy atom. The summed E-state index contributed by atoms with van der Waals surface area (Å²) in [5, 5.41) is 4.46. The van der Waals surface area contributed by atoms with Gasteiger partial charge in [0.05, 0.1) is 0 Å². The van der Waals surface area contributed by atoms with E-state index in [-0.39, 0.29) is 31.9 Å². The van der Waals surface area contributed by atoms with Gasteiger partial charge in [-0.1, -0.05) is 83.5 Å². The van der Waals surface area contributed by atoms with Gasteiger partial charge in [0.25, 0.3) is 0 Å². The van der Waals surface area contributed by atoms with E-state index < -0.39 is 0 Å². The SMILES string of the molecule is CN1[CH-]N(c2[c-]c(Oc3[c-]c4c(cc3)c3ccccc3n4-c3cc(C(C)(C)C)ccn3)cc(C(C)(C)C)c2)c2cc3oc4ccccc4c3cc21.[Pt]. The molecule has 1 aliphatic rings. The monoisotopic (exact) mass is 862 g/mol. The Labute approximate surface area is 318 Å². The van der Waals surface area contributed by atoms with Gasteiger partial charge in [0.1, 0.15) is 17.0 Å². The van der Waals surface area contributed by atoms with Crippen molar-refractivity contribution in [2.75, 3.05) is 16.8 Å². The number of aromatic nitrogens is 2.